The smallest absolute Gasteiger partial charge is 0.508 e. The zero-order valence-corrected chi connectivity index (χ0v) is 13.5. The Morgan fingerprint density at radius 1 is 1.55 bits per heavy atom. The first-order valence-corrected chi connectivity index (χ1v) is 8.26. The van der Waals surface area contributed by atoms with E-state index in [0.717, 1.165) is 12.8 Å². The predicted molar refractivity (Wildman–Crippen MR) is 84.0 cm³/mol. The van der Waals surface area contributed by atoms with Crippen molar-refractivity contribution in [2.45, 2.75) is 63.9 Å². The number of carbonyl (C=O) groups excluding carboxylic acids is 2. The zero-order valence-electron chi connectivity index (χ0n) is 13.5. The second kappa shape index (κ2) is 7.11. The monoisotopic (exact) mass is 310 g/mol. The molecule has 2 aliphatic heterocycles. The van der Waals surface area contributed by atoms with Gasteiger partial charge in [-0.2, -0.15) is 0 Å². The lowest BCUT2D eigenvalue weighted by molar-refractivity contribution is -0.143. The molecule has 2 heterocycles. The molecule has 6 nitrogen and oxygen atoms in total. The van der Waals surface area contributed by atoms with Crippen LogP contribution in [0.15, 0.2) is 0 Å². The minimum absolute atomic E-state index is 0.0538. The highest BCUT2D eigenvalue weighted by Crippen LogP contribution is 2.34. The molecule has 124 valence electrons. The summed E-state index contributed by atoms with van der Waals surface area (Å²) in [5, 5.41) is 12.9. The third kappa shape index (κ3) is 3.88. The van der Waals surface area contributed by atoms with Crippen molar-refractivity contribution in [3.05, 3.63) is 0 Å². The van der Waals surface area contributed by atoms with Gasteiger partial charge in [0, 0.05) is 6.42 Å². The number of nitrogens with one attached hydrogen (secondary N) is 1. The molecule has 2 fully saturated rings. The first kappa shape index (κ1) is 17.4. The summed E-state index contributed by atoms with van der Waals surface area (Å²) in [5.74, 6) is -0.111. The van der Waals surface area contributed by atoms with Crippen LogP contribution in [-0.2, 0) is 14.2 Å². The van der Waals surface area contributed by atoms with E-state index in [2.05, 4.69) is 5.32 Å². The molecule has 0 unspecified atom stereocenters. The van der Waals surface area contributed by atoms with Crippen molar-refractivity contribution < 1.29 is 19.3 Å². The fourth-order valence-electron chi connectivity index (χ4n) is 3.40. The SMILES string of the molecule is CC(C)[C@H](N)C(=O)C[C@H]1CN[C@]2(CCCCB(O)OC2=O)C1. The van der Waals surface area contributed by atoms with Gasteiger partial charge in [0.15, 0.2) is 0 Å². The Kier molecular flexibility index (Phi) is 5.63. The fraction of sp³-hybridized carbons (Fsp3) is 0.867. The average molecular weight is 310 g/mol. The molecule has 0 aromatic heterocycles. The van der Waals surface area contributed by atoms with Gasteiger partial charge in [-0.15, -0.1) is 0 Å². The molecule has 0 bridgehead atoms. The van der Waals surface area contributed by atoms with Crippen LogP contribution in [0.5, 0.6) is 0 Å². The van der Waals surface area contributed by atoms with E-state index < -0.39 is 18.7 Å². The molecule has 4 N–H and O–H groups in total. The normalized spacial score (nSPS) is 31.0. The number of hydrogen-bond acceptors (Lipinski definition) is 6. The number of Topliss-reactive ketones (excluding diaryl/α,β-unsaturated/α-hetero) is 1. The minimum atomic E-state index is -1.01. The van der Waals surface area contributed by atoms with Crippen LogP contribution in [0.3, 0.4) is 0 Å². The number of rotatable bonds is 4. The van der Waals surface area contributed by atoms with E-state index in [1.54, 1.807) is 0 Å². The van der Waals surface area contributed by atoms with Gasteiger partial charge in [-0.25, -0.2) is 0 Å². The standard InChI is InChI=1S/C15H27BN2O4/c1-10(2)13(17)12(19)7-11-8-15(18-9-11)5-3-4-6-16(21)22-14(15)20/h10-11,13,18,21H,3-9,17H2,1-2H3/t11-,13+,15-/m1/s1. The maximum absolute atomic E-state index is 12.3. The number of carbonyl (C=O) groups is 2. The van der Waals surface area contributed by atoms with Crippen LogP contribution >= 0.6 is 0 Å². The molecule has 0 aromatic rings. The Labute approximate surface area is 132 Å². The highest BCUT2D eigenvalue weighted by Gasteiger charge is 2.48. The molecule has 2 saturated heterocycles. The predicted octanol–water partition coefficient (Wildman–Crippen LogP) is 0.485. The molecule has 0 saturated carbocycles. The van der Waals surface area contributed by atoms with E-state index >= 15 is 0 Å². The van der Waals surface area contributed by atoms with Crippen molar-refractivity contribution in [2.75, 3.05) is 6.54 Å². The maximum Gasteiger partial charge on any atom is 0.524 e. The number of ketones is 1. The van der Waals surface area contributed by atoms with Crippen LogP contribution < -0.4 is 11.1 Å². The topological polar surface area (TPSA) is 102 Å². The van der Waals surface area contributed by atoms with Gasteiger partial charge in [0.25, 0.3) is 0 Å². The van der Waals surface area contributed by atoms with Crippen LogP contribution in [0.2, 0.25) is 6.32 Å². The summed E-state index contributed by atoms with van der Waals surface area (Å²) in [6.07, 6.45) is 3.86. The summed E-state index contributed by atoms with van der Waals surface area (Å²) in [7, 11) is -1.01. The zero-order chi connectivity index (χ0) is 16.3. The van der Waals surface area contributed by atoms with Crippen LogP contribution in [-0.4, -0.2) is 42.0 Å². The van der Waals surface area contributed by atoms with Crippen molar-refractivity contribution in [1.29, 1.82) is 0 Å². The second-order valence-corrected chi connectivity index (χ2v) is 7.08. The van der Waals surface area contributed by atoms with Gasteiger partial charge >= 0.3 is 13.1 Å². The molecule has 2 rings (SSSR count). The minimum Gasteiger partial charge on any atom is -0.508 e. The van der Waals surface area contributed by atoms with Crippen LogP contribution in [0.4, 0.5) is 0 Å². The Morgan fingerprint density at radius 2 is 2.27 bits per heavy atom. The average Bonchev–Trinajstić information content (AvgIpc) is 2.86. The molecule has 2 aliphatic rings. The number of hydrogen-bond donors (Lipinski definition) is 3. The Morgan fingerprint density at radius 3 is 2.95 bits per heavy atom. The van der Waals surface area contributed by atoms with E-state index in [4.69, 9.17) is 10.4 Å². The Hall–Kier alpha value is -0.915. The van der Waals surface area contributed by atoms with E-state index in [1.165, 1.54) is 0 Å². The van der Waals surface area contributed by atoms with Gasteiger partial charge < -0.3 is 20.7 Å². The number of nitrogens with two attached hydrogens (primary N) is 1. The maximum atomic E-state index is 12.3. The van der Waals surface area contributed by atoms with E-state index in [9.17, 15) is 14.6 Å². The van der Waals surface area contributed by atoms with Gasteiger partial charge in [0.05, 0.1) is 6.04 Å². The van der Waals surface area contributed by atoms with Gasteiger partial charge in [-0.3, -0.25) is 9.59 Å². The Bertz CT molecular complexity index is 432. The summed E-state index contributed by atoms with van der Waals surface area (Å²) in [4.78, 5) is 24.5. The second-order valence-electron chi connectivity index (χ2n) is 7.08. The van der Waals surface area contributed by atoms with Gasteiger partial charge in [0.2, 0.25) is 0 Å². The largest absolute Gasteiger partial charge is 0.524 e. The molecule has 7 heteroatoms. The first-order chi connectivity index (χ1) is 10.3. The molecule has 0 radical (unpaired) electrons. The van der Waals surface area contributed by atoms with Crippen LogP contribution in [0, 0.1) is 11.8 Å². The third-order valence-corrected chi connectivity index (χ3v) is 4.88. The van der Waals surface area contributed by atoms with Crippen LogP contribution in [0.25, 0.3) is 0 Å². The summed E-state index contributed by atoms with van der Waals surface area (Å²) in [6, 6.07) is -0.442. The highest BCUT2D eigenvalue weighted by atomic mass is 16.6. The van der Waals surface area contributed by atoms with Crippen molar-refractivity contribution in [2.24, 2.45) is 17.6 Å². The van der Waals surface area contributed by atoms with E-state index in [-0.39, 0.29) is 23.6 Å². The summed E-state index contributed by atoms with van der Waals surface area (Å²) in [6.45, 7) is 4.48. The Balaban J connectivity index is 1.97. The summed E-state index contributed by atoms with van der Waals surface area (Å²) in [5.41, 5.74) is 5.16. The van der Waals surface area contributed by atoms with E-state index in [0.29, 0.717) is 32.1 Å². The molecule has 1 spiro atoms. The van der Waals surface area contributed by atoms with Gasteiger partial charge in [0.1, 0.15) is 11.3 Å². The lowest BCUT2D eigenvalue weighted by Crippen LogP contribution is -2.51. The third-order valence-electron chi connectivity index (χ3n) is 4.88. The van der Waals surface area contributed by atoms with Crippen molar-refractivity contribution >= 4 is 18.9 Å². The molecular weight excluding hydrogens is 283 g/mol. The van der Waals surface area contributed by atoms with Crippen LogP contribution in [0.1, 0.15) is 46.0 Å². The lowest BCUT2D eigenvalue weighted by Gasteiger charge is -2.30. The first-order valence-electron chi connectivity index (χ1n) is 8.26. The van der Waals surface area contributed by atoms with Crippen molar-refractivity contribution in [1.82, 2.24) is 5.32 Å². The van der Waals surface area contributed by atoms with Gasteiger partial charge in [-0.05, 0) is 37.5 Å². The highest BCUT2D eigenvalue weighted by molar-refractivity contribution is 6.45. The summed E-state index contributed by atoms with van der Waals surface area (Å²) >= 11 is 0. The molecular formula is C15H27BN2O4. The lowest BCUT2D eigenvalue weighted by atomic mass is 9.77. The molecule has 0 amide bonds. The van der Waals surface area contributed by atoms with E-state index in [1.807, 2.05) is 13.8 Å². The molecule has 22 heavy (non-hydrogen) atoms. The molecule has 0 aromatic carbocycles. The molecule has 0 aliphatic carbocycles. The van der Waals surface area contributed by atoms with Crippen molar-refractivity contribution in [3.8, 4) is 0 Å². The van der Waals surface area contributed by atoms with Gasteiger partial charge in [-0.1, -0.05) is 26.7 Å². The quantitative estimate of drug-likeness (QED) is 0.653. The fourth-order valence-corrected chi connectivity index (χ4v) is 3.40. The van der Waals surface area contributed by atoms with Crippen molar-refractivity contribution in [3.63, 3.8) is 0 Å². The summed E-state index contributed by atoms with van der Waals surface area (Å²) < 4.78 is 5.11. The molecule has 3 atom stereocenters.